The lowest BCUT2D eigenvalue weighted by Gasteiger charge is -2.21. The zero-order chi connectivity index (χ0) is 10.7. The van der Waals surface area contributed by atoms with Crippen LogP contribution in [-0.4, -0.2) is 19.3 Å². The fourth-order valence-electron chi connectivity index (χ4n) is 1.57. The predicted octanol–water partition coefficient (Wildman–Crippen LogP) is 1.85. The van der Waals surface area contributed by atoms with Crippen molar-refractivity contribution in [1.82, 2.24) is 0 Å². The van der Waals surface area contributed by atoms with E-state index < -0.39 is 0 Å². The molecule has 1 heterocycles. The minimum atomic E-state index is -0.251. The summed E-state index contributed by atoms with van der Waals surface area (Å²) in [7, 11) is 0. The van der Waals surface area contributed by atoms with Gasteiger partial charge in [-0.05, 0) is 13.0 Å². The summed E-state index contributed by atoms with van der Waals surface area (Å²) in [6.45, 7) is 2.90. The number of aliphatic imine (C=N–C) groups is 1. The Hall–Kier alpha value is -1.80. The molecule has 78 valence electrons. The molecule has 0 spiro atoms. The van der Waals surface area contributed by atoms with Gasteiger partial charge in [0, 0.05) is 5.56 Å². The second-order valence-electron chi connectivity index (χ2n) is 3.27. The maximum absolute atomic E-state index is 10.2. The fraction of sp³-hybridized carbons (Fsp3) is 0.364. The number of nitrogens with zero attached hydrogens (tertiary/aromatic N) is 1. The van der Waals surface area contributed by atoms with Crippen LogP contribution in [0.5, 0.6) is 11.5 Å². The number of benzene rings is 1. The van der Waals surface area contributed by atoms with Crippen molar-refractivity contribution in [2.45, 2.75) is 13.0 Å². The number of para-hydroxylation sites is 1. The number of hydrogen-bond acceptors (Lipinski definition) is 4. The van der Waals surface area contributed by atoms with Crippen LogP contribution in [0, 0.1) is 0 Å². The van der Waals surface area contributed by atoms with E-state index in [0.717, 1.165) is 5.56 Å². The highest BCUT2D eigenvalue weighted by molar-refractivity contribution is 5.49. The van der Waals surface area contributed by atoms with Crippen LogP contribution in [0.3, 0.4) is 0 Å². The molecule has 1 aromatic carbocycles. The normalized spacial score (nSPS) is 15.3. The molecule has 0 N–H and O–H groups in total. The number of carbonyl (C=O) groups excluding carboxylic acids is 1. The van der Waals surface area contributed by atoms with Gasteiger partial charge in [-0.1, -0.05) is 12.1 Å². The molecule has 0 amide bonds. The predicted molar refractivity (Wildman–Crippen MR) is 54.0 cm³/mol. The molecule has 1 aromatic rings. The SMILES string of the molecule is CC(N=C=O)c1cccc2c1OCCO2. The number of isocyanates is 1. The van der Waals surface area contributed by atoms with Gasteiger partial charge in [-0.25, -0.2) is 4.79 Å². The molecule has 0 saturated carbocycles. The van der Waals surface area contributed by atoms with Crippen molar-refractivity contribution >= 4 is 6.08 Å². The van der Waals surface area contributed by atoms with Crippen LogP contribution in [0.4, 0.5) is 0 Å². The minimum absolute atomic E-state index is 0.251. The fourth-order valence-corrected chi connectivity index (χ4v) is 1.57. The molecule has 15 heavy (non-hydrogen) atoms. The number of hydrogen-bond donors (Lipinski definition) is 0. The van der Waals surface area contributed by atoms with Crippen molar-refractivity contribution in [2.24, 2.45) is 4.99 Å². The Morgan fingerprint density at radius 2 is 2.20 bits per heavy atom. The third-order valence-corrected chi connectivity index (χ3v) is 2.29. The molecule has 0 radical (unpaired) electrons. The highest BCUT2D eigenvalue weighted by Gasteiger charge is 2.18. The second-order valence-corrected chi connectivity index (χ2v) is 3.27. The summed E-state index contributed by atoms with van der Waals surface area (Å²) in [5, 5.41) is 0. The largest absolute Gasteiger partial charge is 0.486 e. The standard InChI is InChI=1S/C11H11NO3/c1-8(12-7-13)9-3-2-4-10-11(9)15-6-5-14-10/h2-4,8H,5-6H2,1H3. The van der Waals surface area contributed by atoms with E-state index in [-0.39, 0.29) is 6.04 Å². The summed E-state index contributed by atoms with van der Waals surface area (Å²) in [5.41, 5.74) is 0.857. The van der Waals surface area contributed by atoms with Crippen LogP contribution in [0.1, 0.15) is 18.5 Å². The highest BCUT2D eigenvalue weighted by atomic mass is 16.6. The molecular formula is C11H11NO3. The first kappa shape index (κ1) is 9.74. The van der Waals surface area contributed by atoms with Gasteiger partial charge in [-0.2, -0.15) is 4.99 Å². The van der Waals surface area contributed by atoms with Gasteiger partial charge >= 0.3 is 0 Å². The monoisotopic (exact) mass is 205 g/mol. The van der Waals surface area contributed by atoms with E-state index in [1.165, 1.54) is 0 Å². The van der Waals surface area contributed by atoms with Gasteiger partial charge in [-0.15, -0.1) is 0 Å². The number of ether oxygens (including phenoxy) is 2. The zero-order valence-corrected chi connectivity index (χ0v) is 8.40. The molecule has 0 aliphatic carbocycles. The van der Waals surface area contributed by atoms with Crippen LogP contribution in [0.15, 0.2) is 23.2 Å². The van der Waals surface area contributed by atoms with Gasteiger partial charge in [0.15, 0.2) is 11.5 Å². The molecule has 1 atom stereocenters. The van der Waals surface area contributed by atoms with Crippen LogP contribution < -0.4 is 9.47 Å². The Morgan fingerprint density at radius 1 is 1.40 bits per heavy atom. The van der Waals surface area contributed by atoms with E-state index in [9.17, 15) is 4.79 Å². The van der Waals surface area contributed by atoms with Crippen molar-refractivity contribution in [2.75, 3.05) is 13.2 Å². The van der Waals surface area contributed by atoms with Crippen molar-refractivity contribution < 1.29 is 14.3 Å². The van der Waals surface area contributed by atoms with Crippen LogP contribution in [-0.2, 0) is 4.79 Å². The van der Waals surface area contributed by atoms with Crippen molar-refractivity contribution in [3.63, 3.8) is 0 Å². The second kappa shape index (κ2) is 4.15. The molecule has 0 aromatic heterocycles. The summed E-state index contributed by atoms with van der Waals surface area (Å²) in [5.74, 6) is 1.40. The molecule has 1 unspecified atom stereocenters. The first-order valence-electron chi connectivity index (χ1n) is 4.78. The summed E-state index contributed by atoms with van der Waals surface area (Å²) in [4.78, 5) is 13.9. The van der Waals surface area contributed by atoms with Gasteiger partial charge in [-0.3, -0.25) is 0 Å². The molecule has 4 heteroatoms. The summed E-state index contributed by atoms with van der Waals surface area (Å²) in [6, 6.07) is 5.33. The van der Waals surface area contributed by atoms with E-state index in [4.69, 9.17) is 9.47 Å². The summed E-state index contributed by atoms with van der Waals surface area (Å²) >= 11 is 0. The van der Waals surface area contributed by atoms with Crippen molar-refractivity contribution in [3.8, 4) is 11.5 Å². The summed E-state index contributed by atoms with van der Waals surface area (Å²) in [6.07, 6.45) is 1.55. The topological polar surface area (TPSA) is 47.9 Å². The summed E-state index contributed by atoms with van der Waals surface area (Å²) < 4.78 is 10.9. The molecule has 0 fully saturated rings. The van der Waals surface area contributed by atoms with Crippen LogP contribution in [0.25, 0.3) is 0 Å². The van der Waals surface area contributed by atoms with E-state index in [1.54, 1.807) is 6.08 Å². The smallest absolute Gasteiger partial charge is 0.235 e. The maximum Gasteiger partial charge on any atom is 0.235 e. The first-order chi connectivity index (χ1) is 7.33. The zero-order valence-electron chi connectivity index (χ0n) is 8.40. The molecule has 1 aliphatic rings. The lowest BCUT2D eigenvalue weighted by Crippen LogP contribution is -2.16. The Kier molecular flexibility index (Phi) is 2.70. The van der Waals surface area contributed by atoms with E-state index in [1.807, 2.05) is 25.1 Å². The third kappa shape index (κ3) is 1.85. The third-order valence-electron chi connectivity index (χ3n) is 2.29. The maximum atomic E-state index is 10.2. The molecular weight excluding hydrogens is 194 g/mol. The quantitative estimate of drug-likeness (QED) is 0.547. The molecule has 2 rings (SSSR count). The van der Waals surface area contributed by atoms with Crippen molar-refractivity contribution in [3.05, 3.63) is 23.8 Å². The molecule has 4 nitrogen and oxygen atoms in total. The lowest BCUT2D eigenvalue weighted by molar-refractivity contribution is 0.169. The van der Waals surface area contributed by atoms with Gasteiger partial charge in [0.05, 0.1) is 6.04 Å². The van der Waals surface area contributed by atoms with Gasteiger partial charge in [0.2, 0.25) is 6.08 Å². The van der Waals surface area contributed by atoms with Crippen molar-refractivity contribution in [1.29, 1.82) is 0 Å². The minimum Gasteiger partial charge on any atom is -0.486 e. The van der Waals surface area contributed by atoms with Gasteiger partial charge < -0.3 is 9.47 Å². The molecule has 0 saturated heterocycles. The van der Waals surface area contributed by atoms with E-state index >= 15 is 0 Å². The molecule has 1 aliphatic heterocycles. The molecule has 0 bridgehead atoms. The Balaban J connectivity index is 2.42. The van der Waals surface area contributed by atoms with Crippen LogP contribution >= 0.6 is 0 Å². The average Bonchev–Trinajstić information content (AvgIpc) is 2.28. The Bertz CT molecular complexity index is 410. The Morgan fingerprint density at radius 3 is 3.00 bits per heavy atom. The van der Waals surface area contributed by atoms with Gasteiger partial charge in [0.25, 0.3) is 0 Å². The lowest BCUT2D eigenvalue weighted by atomic mass is 10.1. The number of fused-ring (bicyclic) bond motifs is 1. The first-order valence-corrected chi connectivity index (χ1v) is 4.78. The van der Waals surface area contributed by atoms with E-state index in [0.29, 0.717) is 24.7 Å². The van der Waals surface area contributed by atoms with Crippen LogP contribution in [0.2, 0.25) is 0 Å². The Labute approximate surface area is 87.5 Å². The van der Waals surface area contributed by atoms with E-state index in [2.05, 4.69) is 4.99 Å². The van der Waals surface area contributed by atoms with Gasteiger partial charge in [0.1, 0.15) is 13.2 Å². The average molecular weight is 205 g/mol. The number of rotatable bonds is 2. The highest BCUT2D eigenvalue weighted by Crippen LogP contribution is 2.37.